The first-order valence-corrected chi connectivity index (χ1v) is 8.78. The minimum absolute atomic E-state index is 0.973. The van der Waals surface area contributed by atoms with Crippen molar-refractivity contribution in [1.82, 2.24) is 0 Å². The Bertz CT molecular complexity index is 129. The summed E-state index contributed by atoms with van der Waals surface area (Å²) in [6.45, 7) is 8.07. The van der Waals surface area contributed by atoms with Crippen LogP contribution in [0.1, 0.15) is 96.8 Å². The maximum atomic E-state index is 5.61. The van der Waals surface area contributed by atoms with E-state index < -0.39 is 0 Å². The molecule has 0 atom stereocenters. The predicted molar refractivity (Wildman–Crippen MR) is 86.5 cm³/mol. The van der Waals surface area contributed by atoms with Gasteiger partial charge < -0.3 is 4.74 Å². The van der Waals surface area contributed by atoms with Crippen molar-refractivity contribution < 1.29 is 4.74 Å². The Kier molecular flexibility index (Phi) is 17.9. The molecular formula is C18H37O. The molecule has 1 heteroatoms. The molecule has 0 saturated heterocycles. The van der Waals surface area contributed by atoms with E-state index >= 15 is 0 Å². The lowest BCUT2D eigenvalue weighted by Gasteiger charge is -2.04. The van der Waals surface area contributed by atoms with Crippen molar-refractivity contribution in [1.29, 1.82) is 0 Å². The van der Waals surface area contributed by atoms with Gasteiger partial charge in [-0.2, -0.15) is 0 Å². The lowest BCUT2D eigenvalue weighted by molar-refractivity contribution is 0.126. The molecule has 1 radical (unpaired) electrons. The maximum Gasteiger partial charge on any atom is 0.0466 e. The van der Waals surface area contributed by atoms with Crippen molar-refractivity contribution in [2.24, 2.45) is 0 Å². The zero-order chi connectivity index (χ0) is 14.0. The van der Waals surface area contributed by atoms with Gasteiger partial charge >= 0.3 is 0 Å². The van der Waals surface area contributed by atoms with Gasteiger partial charge in [-0.05, 0) is 12.8 Å². The molecule has 0 aliphatic carbocycles. The first-order chi connectivity index (χ1) is 9.41. The van der Waals surface area contributed by atoms with Crippen LogP contribution in [0.15, 0.2) is 0 Å². The highest BCUT2D eigenvalue weighted by Crippen LogP contribution is 2.11. The van der Waals surface area contributed by atoms with Crippen LogP contribution in [0.2, 0.25) is 0 Å². The van der Waals surface area contributed by atoms with Crippen molar-refractivity contribution in [2.45, 2.75) is 96.8 Å². The van der Waals surface area contributed by atoms with Gasteiger partial charge in [0.25, 0.3) is 0 Å². The fourth-order valence-electron chi connectivity index (χ4n) is 2.35. The molecule has 0 bridgehead atoms. The van der Waals surface area contributed by atoms with Gasteiger partial charge in [0.15, 0.2) is 0 Å². The van der Waals surface area contributed by atoms with Gasteiger partial charge in [0, 0.05) is 13.2 Å². The highest BCUT2D eigenvalue weighted by atomic mass is 16.5. The molecule has 0 rings (SSSR count). The topological polar surface area (TPSA) is 9.23 Å². The number of unbranched alkanes of at least 4 members (excludes halogenated alkanes) is 12. The second-order valence-corrected chi connectivity index (χ2v) is 5.71. The lowest BCUT2D eigenvalue weighted by Crippen LogP contribution is -1.96. The third-order valence-corrected chi connectivity index (χ3v) is 3.68. The molecule has 0 saturated carbocycles. The molecule has 0 aromatic heterocycles. The van der Waals surface area contributed by atoms with Gasteiger partial charge in [0.2, 0.25) is 0 Å². The average molecular weight is 269 g/mol. The Labute approximate surface area is 122 Å². The fourth-order valence-corrected chi connectivity index (χ4v) is 2.35. The largest absolute Gasteiger partial charge is 0.381 e. The second-order valence-electron chi connectivity index (χ2n) is 5.71. The minimum atomic E-state index is 0.973. The van der Waals surface area contributed by atoms with Crippen molar-refractivity contribution in [3.8, 4) is 0 Å². The highest BCUT2D eigenvalue weighted by molar-refractivity contribution is 4.49. The van der Waals surface area contributed by atoms with E-state index in [9.17, 15) is 0 Å². The summed E-state index contributed by atoms with van der Waals surface area (Å²) in [6.07, 6.45) is 18.8. The first kappa shape index (κ1) is 19.0. The molecule has 0 unspecified atom stereocenters. The normalized spacial score (nSPS) is 11.1. The van der Waals surface area contributed by atoms with Crippen LogP contribution in [0.3, 0.4) is 0 Å². The highest BCUT2D eigenvalue weighted by Gasteiger charge is 1.93. The molecule has 0 aromatic rings. The molecule has 0 heterocycles. The number of rotatable bonds is 16. The van der Waals surface area contributed by atoms with Gasteiger partial charge in [-0.15, -0.1) is 0 Å². The van der Waals surface area contributed by atoms with E-state index in [-0.39, 0.29) is 0 Å². The SMILES string of the molecule is [CH2]CCCCCCCCCCCCOCCCCC. The van der Waals surface area contributed by atoms with Gasteiger partial charge in [0.05, 0.1) is 0 Å². The summed E-state index contributed by atoms with van der Waals surface area (Å²) >= 11 is 0. The van der Waals surface area contributed by atoms with Crippen molar-refractivity contribution in [3.05, 3.63) is 6.92 Å². The average Bonchev–Trinajstić information content (AvgIpc) is 2.43. The molecule has 0 aliphatic rings. The van der Waals surface area contributed by atoms with Gasteiger partial charge in [-0.3, -0.25) is 0 Å². The number of hydrogen-bond donors (Lipinski definition) is 0. The van der Waals surface area contributed by atoms with E-state index in [1.54, 1.807) is 0 Å². The van der Waals surface area contributed by atoms with Gasteiger partial charge in [-0.1, -0.05) is 90.9 Å². The molecule has 0 N–H and O–H groups in total. The van der Waals surface area contributed by atoms with Gasteiger partial charge in [0.1, 0.15) is 0 Å². The third kappa shape index (κ3) is 18.0. The zero-order valence-electron chi connectivity index (χ0n) is 13.4. The molecule has 0 spiro atoms. The van der Waals surface area contributed by atoms with E-state index in [4.69, 9.17) is 4.74 Å². The molecule has 1 nitrogen and oxygen atoms in total. The second kappa shape index (κ2) is 18.0. The van der Waals surface area contributed by atoms with Crippen molar-refractivity contribution in [3.63, 3.8) is 0 Å². The smallest absolute Gasteiger partial charge is 0.0466 e. The Morgan fingerprint density at radius 3 is 1.47 bits per heavy atom. The van der Waals surface area contributed by atoms with Gasteiger partial charge in [-0.25, -0.2) is 0 Å². The zero-order valence-corrected chi connectivity index (χ0v) is 13.4. The van der Waals surface area contributed by atoms with E-state index in [1.807, 2.05) is 0 Å². The van der Waals surface area contributed by atoms with Crippen LogP contribution < -0.4 is 0 Å². The molecule has 0 fully saturated rings. The molecule has 0 amide bonds. The van der Waals surface area contributed by atoms with Crippen LogP contribution in [0.25, 0.3) is 0 Å². The lowest BCUT2D eigenvalue weighted by atomic mass is 10.1. The summed E-state index contributed by atoms with van der Waals surface area (Å²) < 4.78 is 5.61. The van der Waals surface area contributed by atoms with Crippen LogP contribution >= 0.6 is 0 Å². The third-order valence-electron chi connectivity index (χ3n) is 3.68. The first-order valence-electron chi connectivity index (χ1n) is 8.78. The van der Waals surface area contributed by atoms with Crippen LogP contribution in [0.4, 0.5) is 0 Å². The van der Waals surface area contributed by atoms with E-state index in [1.165, 1.54) is 83.5 Å². The van der Waals surface area contributed by atoms with Crippen LogP contribution in [-0.2, 0) is 4.74 Å². The Morgan fingerprint density at radius 1 is 0.579 bits per heavy atom. The summed E-state index contributed by atoms with van der Waals surface area (Å²) in [7, 11) is 0. The molecule has 0 aromatic carbocycles. The summed E-state index contributed by atoms with van der Waals surface area (Å²) in [6, 6.07) is 0. The van der Waals surface area contributed by atoms with Crippen molar-refractivity contribution >= 4 is 0 Å². The standard InChI is InChI=1S/C18H37O/c1-3-5-7-8-9-10-11-12-13-14-16-18-19-17-15-6-4-2/h1,3-18H2,2H3. The van der Waals surface area contributed by atoms with E-state index in [0.29, 0.717) is 0 Å². The number of ether oxygens (including phenoxy) is 1. The molecule has 19 heavy (non-hydrogen) atoms. The summed E-state index contributed by atoms with van der Waals surface area (Å²) in [4.78, 5) is 0. The Hall–Kier alpha value is -0.0400. The molecular weight excluding hydrogens is 232 g/mol. The van der Waals surface area contributed by atoms with Crippen LogP contribution in [-0.4, -0.2) is 13.2 Å². The Balaban J connectivity index is 2.88. The van der Waals surface area contributed by atoms with Crippen LogP contribution in [0.5, 0.6) is 0 Å². The summed E-state index contributed by atoms with van der Waals surface area (Å²) in [5.74, 6) is 0. The molecule has 0 aliphatic heterocycles. The minimum Gasteiger partial charge on any atom is -0.381 e. The maximum absolute atomic E-state index is 5.61. The Morgan fingerprint density at radius 2 is 1.00 bits per heavy atom. The summed E-state index contributed by atoms with van der Waals surface area (Å²) in [5.41, 5.74) is 0. The monoisotopic (exact) mass is 269 g/mol. The quantitative estimate of drug-likeness (QED) is 0.298. The predicted octanol–water partition coefficient (Wildman–Crippen LogP) is 6.32. The molecule has 115 valence electrons. The van der Waals surface area contributed by atoms with Crippen LogP contribution in [0, 0.1) is 6.92 Å². The number of hydrogen-bond acceptors (Lipinski definition) is 1. The van der Waals surface area contributed by atoms with E-state index in [0.717, 1.165) is 19.6 Å². The fraction of sp³-hybridized carbons (Fsp3) is 0.944. The van der Waals surface area contributed by atoms with Crippen molar-refractivity contribution in [2.75, 3.05) is 13.2 Å². The summed E-state index contributed by atoms with van der Waals surface area (Å²) in [5, 5.41) is 0. The van der Waals surface area contributed by atoms with E-state index in [2.05, 4.69) is 13.8 Å².